The van der Waals surface area contributed by atoms with Crippen molar-refractivity contribution in [2.45, 2.75) is 122 Å². The van der Waals surface area contributed by atoms with Gasteiger partial charge < -0.3 is 30.0 Å². The molecule has 0 aliphatic carbocycles. The summed E-state index contributed by atoms with van der Waals surface area (Å²) in [5.74, 6) is -0.954. The van der Waals surface area contributed by atoms with E-state index in [4.69, 9.17) is 9.84 Å². The summed E-state index contributed by atoms with van der Waals surface area (Å²) in [6.07, 6.45) is 6.71. The van der Waals surface area contributed by atoms with Gasteiger partial charge >= 0.3 is 5.97 Å². The molecule has 7 heteroatoms. The summed E-state index contributed by atoms with van der Waals surface area (Å²) in [7, 11) is 0. The maximum absolute atomic E-state index is 12.8. The molecule has 0 spiro atoms. The third kappa shape index (κ3) is 12.6. The molecule has 0 aliphatic heterocycles. The molecule has 0 bridgehead atoms. The number of carbonyl (C=O) groups excluding carboxylic acids is 2. The lowest BCUT2D eigenvalue weighted by Crippen LogP contribution is -2.49. The summed E-state index contributed by atoms with van der Waals surface area (Å²) in [5, 5.41) is 38.6. The first-order valence-corrected chi connectivity index (χ1v) is 11.7. The first-order chi connectivity index (χ1) is 14.4. The highest BCUT2D eigenvalue weighted by atomic mass is 16.6. The molecule has 1 unspecified atom stereocenters. The summed E-state index contributed by atoms with van der Waals surface area (Å²) in [6.45, 7) is 3.52. The summed E-state index contributed by atoms with van der Waals surface area (Å²) in [4.78, 5) is 23.7. The Morgan fingerprint density at radius 1 is 0.833 bits per heavy atom. The van der Waals surface area contributed by atoms with Gasteiger partial charge in [-0.05, 0) is 12.8 Å². The Hall–Kier alpha value is -1.02. The maximum atomic E-state index is 12.8. The van der Waals surface area contributed by atoms with Crippen molar-refractivity contribution in [3.63, 3.8) is 0 Å². The molecule has 0 rings (SSSR count). The molecule has 0 saturated heterocycles. The zero-order chi connectivity index (χ0) is 22.8. The number of rotatable bonds is 20. The van der Waals surface area contributed by atoms with Crippen LogP contribution in [0.2, 0.25) is 0 Å². The highest BCUT2D eigenvalue weighted by molar-refractivity contribution is 5.73. The molecule has 0 aromatic heterocycles. The Kier molecular flexibility index (Phi) is 18.1. The van der Waals surface area contributed by atoms with E-state index in [1.54, 1.807) is 0 Å². The molecule has 30 heavy (non-hydrogen) atoms. The first kappa shape index (κ1) is 29.0. The summed E-state index contributed by atoms with van der Waals surface area (Å²) in [5.41, 5.74) is 0. The number of aliphatic hydroxyl groups is 4. The molecule has 0 aromatic carbocycles. The van der Waals surface area contributed by atoms with E-state index < -0.39 is 37.0 Å². The van der Waals surface area contributed by atoms with Gasteiger partial charge in [-0.25, -0.2) is 0 Å². The van der Waals surface area contributed by atoms with Crippen LogP contribution in [-0.2, 0) is 14.3 Å². The average Bonchev–Trinajstić information content (AvgIpc) is 2.76. The minimum atomic E-state index is -1.77. The summed E-state index contributed by atoms with van der Waals surface area (Å²) >= 11 is 0. The molecule has 178 valence electrons. The molecule has 0 radical (unpaired) electrons. The monoisotopic (exact) mass is 432 g/mol. The van der Waals surface area contributed by atoms with E-state index in [9.17, 15) is 24.9 Å². The molecule has 0 amide bonds. The maximum Gasteiger partial charge on any atom is 0.309 e. The molecule has 5 atom stereocenters. The normalized spacial score (nSPS) is 16.5. The number of aliphatic hydroxyl groups excluding tert-OH is 4. The quantitative estimate of drug-likeness (QED) is 0.132. The lowest BCUT2D eigenvalue weighted by atomic mass is 9.94. The van der Waals surface area contributed by atoms with E-state index in [-0.39, 0.29) is 12.2 Å². The Balaban J connectivity index is 4.84. The van der Waals surface area contributed by atoms with Crippen LogP contribution in [0.5, 0.6) is 0 Å². The van der Waals surface area contributed by atoms with Gasteiger partial charge in [-0.2, -0.15) is 0 Å². The predicted octanol–water partition coefficient (Wildman–Crippen LogP) is 2.90. The van der Waals surface area contributed by atoms with Crippen LogP contribution >= 0.6 is 0 Å². The Morgan fingerprint density at radius 3 is 1.77 bits per heavy atom. The van der Waals surface area contributed by atoms with Crippen LogP contribution < -0.4 is 0 Å². The van der Waals surface area contributed by atoms with Crippen molar-refractivity contribution < 1.29 is 34.8 Å². The average molecular weight is 433 g/mol. The molecule has 7 nitrogen and oxygen atoms in total. The van der Waals surface area contributed by atoms with Crippen molar-refractivity contribution in [2.24, 2.45) is 5.92 Å². The Bertz CT molecular complexity index is 430. The van der Waals surface area contributed by atoms with Crippen molar-refractivity contribution in [2.75, 3.05) is 6.61 Å². The largest absolute Gasteiger partial charge is 0.456 e. The van der Waals surface area contributed by atoms with Gasteiger partial charge in [-0.3, -0.25) is 4.79 Å². The highest BCUT2D eigenvalue weighted by Crippen LogP contribution is 2.22. The molecule has 0 fully saturated rings. The number of unbranched alkanes of at least 4 members (excludes halogenated alkanes) is 9. The van der Waals surface area contributed by atoms with E-state index >= 15 is 0 Å². The highest BCUT2D eigenvalue weighted by Gasteiger charge is 2.36. The van der Waals surface area contributed by atoms with Gasteiger partial charge in [0.2, 0.25) is 0 Å². The lowest BCUT2D eigenvalue weighted by Gasteiger charge is -2.29. The number of carbonyl (C=O) groups is 2. The smallest absolute Gasteiger partial charge is 0.309 e. The molecule has 0 aliphatic rings. The molecular weight excluding hydrogens is 388 g/mol. The van der Waals surface area contributed by atoms with Gasteiger partial charge in [-0.1, -0.05) is 84.5 Å². The van der Waals surface area contributed by atoms with E-state index in [1.165, 1.54) is 25.7 Å². The second-order valence-electron chi connectivity index (χ2n) is 8.22. The molecule has 0 heterocycles. The van der Waals surface area contributed by atoms with Gasteiger partial charge in [0, 0.05) is 0 Å². The van der Waals surface area contributed by atoms with Gasteiger partial charge in [0.05, 0.1) is 12.5 Å². The SMILES string of the molecule is CCCCCCCCCC(CCCCCC)C(=O)O[C@@H]([C@H](O)[C@H](O)CO)[C@@H](O)C=O. The Morgan fingerprint density at radius 2 is 1.30 bits per heavy atom. The van der Waals surface area contributed by atoms with Crippen LogP contribution in [0.15, 0.2) is 0 Å². The second kappa shape index (κ2) is 18.7. The van der Waals surface area contributed by atoms with Crippen LogP contribution in [0.3, 0.4) is 0 Å². The molecule has 0 saturated carbocycles. The minimum absolute atomic E-state index is 0.151. The van der Waals surface area contributed by atoms with Crippen molar-refractivity contribution >= 4 is 12.3 Å². The number of hydrogen-bond donors (Lipinski definition) is 4. The second-order valence-corrected chi connectivity index (χ2v) is 8.22. The number of esters is 1. The molecule has 4 N–H and O–H groups in total. The third-order valence-electron chi connectivity index (χ3n) is 5.54. The van der Waals surface area contributed by atoms with E-state index in [1.807, 2.05) is 0 Å². The minimum Gasteiger partial charge on any atom is -0.456 e. The third-order valence-corrected chi connectivity index (χ3v) is 5.54. The van der Waals surface area contributed by atoms with Crippen LogP contribution in [0.25, 0.3) is 0 Å². The number of aldehydes is 1. The van der Waals surface area contributed by atoms with Crippen molar-refractivity contribution in [3.8, 4) is 0 Å². The van der Waals surface area contributed by atoms with Crippen LogP contribution in [0.4, 0.5) is 0 Å². The zero-order valence-corrected chi connectivity index (χ0v) is 18.9. The fourth-order valence-electron chi connectivity index (χ4n) is 3.52. The standard InChI is InChI=1S/C23H44O7/c1-3-5-7-9-10-11-13-15-18(14-12-8-6-4-2)23(29)30-22(20(27)17-25)21(28)19(26)16-24/h17-22,24,26-28H,3-16H2,1-2H3/t18?,19-,20+,21-,22-/m1/s1. The predicted molar refractivity (Wildman–Crippen MR) is 116 cm³/mol. The number of hydrogen-bond acceptors (Lipinski definition) is 7. The summed E-state index contributed by atoms with van der Waals surface area (Å²) in [6, 6.07) is 0. The van der Waals surface area contributed by atoms with E-state index in [2.05, 4.69) is 13.8 Å². The van der Waals surface area contributed by atoms with E-state index in [0.717, 1.165) is 44.9 Å². The fraction of sp³-hybridized carbons (Fsp3) is 0.913. The topological polar surface area (TPSA) is 124 Å². The zero-order valence-electron chi connectivity index (χ0n) is 18.9. The van der Waals surface area contributed by atoms with Crippen molar-refractivity contribution in [1.29, 1.82) is 0 Å². The number of ether oxygens (including phenoxy) is 1. The lowest BCUT2D eigenvalue weighted by molar-refractivity contribution is -0.178. The van der Waals surface area contributed by atoms with Crippen molar-refractivity contribution in [3.05, 3.63) is 0 Å². The van der Waals surface area contributed by atoms with Gasteiger partial charge in [0.1, 0.15) is 18.3 Å². The van der Waals surface area contributed by atoms with Crippen LogP contribution in [-0.4, -0.2) is 63.7 Å². The van der Waals surface area contributed by atoms with Crippen LogP contribution in [0, 0.1) is 5.92 Å². The van der Waals surface area contributed by atoms with Gasteiger partial charge in [0.15, 0.2) is 12.4 Å². The molecular formula is C23H44O7. The Labute approximate surface area is 181 Å². The fourth-order valence-corrected chi connectivity index (χ4v) is 3.52. The van der Waals surface area contributed by atoms with Crippen LogP contribution in [0.1, 0.15) is 97.3 Å². The first-order valence-electron chi connectivity index (χ1n) is 11.7. The van der Waals surface area contributed by atoms with Crippen molar-refractivity contribution in [1.82, 2.24) is 0 Å². The van der Waals surface area contributed by atoms with E-state index in [0.29, 0.717) is 12.8 Å². The summed E-state index contributed by atoms with van der Waals surface area (Å²) < 4.78 is 5.28. The van der Waals surface area contributed by atoms with Gasteiger partial charge in [-0.15, -0.1) is 0 Å². The van der Waals surface area contributed by atoms with Gasteiger partial charge in [0.25, 0.3) is 0 Å². The molecule has 0 aromatic rings.